The first-order chi connectivity index (χ1) is 15.6. The second-order valence-corrected chi connectivity index (χ2v) is 7.14. The van der Waals surface area contributed by atoms with Gasteiger partial charge in [-0.15, -0.1) is 0 Å². The molecular weight excluding hydrogens is 438 g/mol. The van der Waals surface area contributed by atoms with Gasteiger partial charge in [-0.25, -0.2) is 0 Å². The van der Waals surface area contributed by atoms with Crippen molar-refractivity contribution in [1.82, 2.24) is 0 Å². The van der Waals surface area contributed by atoms with Crippen molar-refractivity contribution in [2.24, 2.45) is 4.99 Å². The molecule has 0 aliphatic carbocycles. The van der Waals surface area contributed by atoms with E-state index in [1.807, 2.05) is 0 Å². The lowest BCUT2D eigenvalue weighted by Gasteiger charge is -2.42. The lowest BCUT2D eigenvalue weighted by molar-refractivity contribution is -0.266. The first-order valence-corrected chi connectivity index (χ1v) is 10.1. The van der Waals surface area contributed by atoms with Crippen LogP contribution in [0.3, 0.4) is 0 Å². The summed E-state index contributed by atoms with van der Waals surface area (Å²) < 4.78 is 32.0. The number of carbonyl (C=O) groups is 4. The van der Waals surface area contributed by atoms with Crippen LogP contribution in [0.2, 0.25) is 0 Å². The van der Waals surface area contributed by atoms with Gasteiger partial charge in [0.25, 0.3) is 0 Å². The molecule has 1 fully saturated rings. The minimum Gasteiger partial charge on any atom is -0.497 e. The molecule has 11 nitrogen and oxygen atoms in total. The van der Waals surface area contributed by atoms with Gasteiger partial charge < -0.3 is 28.4 Å². The highest BCUT2D eigenvalue weighted by molar-refractivity contribution is 5.80. The maximum Gasteiger partial charge on any atom is 0.305 e. The van der Waals surface area contributed by atoms with Crippen molar-refractivity contribution in [1.29, 1.82) is 0 Å². The highest BCUT2D eigenvalue weighted by atomic mass is 16.7. The Labute approximate surface area is 190 Å². The third kappa shape index (κ3) is 7.86. The van der Waals surface area contributed by atoms with E-state index in [-0.39, 0.29) is 6.61 Å². The number of benzene rings is 1. The molecule has 1 aromatic rings. The molecule has 11 heteroatoms. The van der Waals surface area contributed by atoms with Gasteiger partial charge in [0.15, 0.2) is 18.2 Å². The third-order valence-electron chi connectivity index (χ3n) is 4.46. The van der Waals surface area contributed by atoms with Crippen LogP contribution in [0.1, 0.15) is 33.3 Å². The zero-order valence-corrected chi connectivity index (χ0v) is 19.0. The van der Waals surface area contributed by atoms with Crippen LogP contribution in [0.4, 0.5) is 0 Å². The number of ether oxygens (including phenoxy) is 6. The Kier molecular flexibility index (Phi) is 9.34. The molecule has 1 heterocycles. The van der Waals surface area contributed by atoms with Crippen molar-refractivity contribution in [3.63, 3.8) is 0 Å². The van der Waals surface area contributed by atoms with E-state index in [4.69, 9.17) is 28.4 Å². The molecule has 0 spiro atoms. The molecule has 1 saturated heterocycles. The van der Waals surface area contributed by atoms with Crippen molar-refractivity contribution >= 4 is 30.1 Å². The summed E-state index contributed by atoms with van der Waals surface area (Å²) in [6.07, 6.45) is -3.31. The zero-order valence-electron chi connectivity index (χ0n) is 19.0. The summed E-state index contributed by atoms with van der Waals surface area (Å²) in [6.45, 7) is 4.37. The fourth-order valence-electron chi connectivity index (χ4n) is 3.17. The van der Waals surface area contributed by atoms with E-state index in [0.717, 1.165) is 0 Å². The molecule has 0 bridgehead atoms. The maximum atomic E-state index is 11.9. The van der Waals surface area contributed by atoms with Gasteiger partial charge in [0.05, 0.1) is 7.11 Å². The summed E-state index contributed by atoms with van der Waals surface area (Å²) in [7, 11) is 1.54. The Bertz CT molecular complexity index is 882. The summed E-state index contributed by atoms with van der Waals surface area (Å²) >= 11 is 0. The van der Waals surface area contributed by atoms with E-state index in [1.54, 1.807) is 24.3 Å². The van der Waals surface area contributed by atoms with Crippen molar-refractivity contribution < 1.29 is 47.6 Å². The van der Waals surface area contributed by atoms with Crippen LogP contribution < -0.4 is 4.74 Å². The van der Waals surface area contributed by atoms with E-state index in [1.165, 1.54) is 41.0 Å². The predicted octanol–water partition coefficient (Wildman–Crippen LogP) is 1.20. The second-order valence-electron chi connectivity index (χ2n) is 7.14. The van der Waals surface area contributed by atoms with Gasteiger partial charge in [-0.05, 0) is 29.8 Å². The quantitative estimate of drug-likeness (QED) is 0.313. The van der Waals surface area contributed by atoms with Gasteiger partial charge in [0, 0.05) is 33.9 Å². The average Bonchev–Trinajstić information content (AvgIpc) is 2.73. The Morgan fingerprint density at radius 2 is 1.45 bits per heavy atom. The summed E-state index contributed by atoms with van der Waals surface area (Å²) in [4.78, 5) is 51.1. The molecule has 0 amide bonds. The van der Waals surface area contributed by atoms with E-state index >= 15 is 0 Å². The minimum absolute atomic E-state index is 0.336. The molecule has 33 heavy (non-hydrogen) atoms. The third-order valence-corrected chi connectivity index (χ3v) is 4.46. The summed E-state index contributed by atoms with van der Waals surface area (Å²) in [6, 6.07) is 5.84. The van der Waals surface area contributed by atoms with Crippen LogP contribution in [0.15, 0.2) is 29.3 Å². The largest absolute Gasteiger partial charge is 0.497 e. The van der Waals surface area contributed by atoms with Crippen molar-refractivity contribution in [3.8, 4) is 5.75 Å². The number of esters is 4. The number of methoxy groups -OCH3 is 1. The van der Waals surface area contributed by atoms with Crippen LogP contribution in [0.25, 0.3) is 0 Å². The summed E-state index contributed by atoms with van der Waals surface area (Å²) in [5, 5.41) is 0. The van der Waals surface area contributed by atoms with Gasteiger partial charge in [0.2, 0.25) is 6.29 Å². The van der Waals surface area contributed by atoms with E-state index < -0.39 is 54.5 Å². The maximum absolute atomic E-state index is 11.9. The predicted molar refractivity (Wildman–Crippen MR) is 113 cm³/mol. The lowest BCUT2D eigenvalue weighted by Crippen LogP contribution is -2.61. The second kappa shape index (κ2) is 12.0. The molecule has 5 atom stereocenters. The normalized spacial score (nSPS) is 24.6. The smallest absolute Gasteiger partial charge is 0.305 e. The average molecular weight is 465 g/mol. The Morgan fingerprint density at radius 1 is 0.879 bits per heavy atom. The topological polar surface area (TPSA) is 136 Å². The van der Waals surface area contributed by atoms with Gasteiger partial charge in [-0.2, -0.15) is 0 Å². The molecule has 0 radical (unpaired) electrons. The van der Waals surface area contributed by atoms with Crippen molar-refractivity contribution in [2.75, 3.05) is 13.7 Å². The lowest BCUT2D eigenvalue weighted by atomic mass is 9.96. The van der Waals surface area contributed by atoms with E-state index in [9.17, 15) is 19.2 Å². The van der Waals surface area contributed by atoms with Crippen LogP contribution in [0, 0.1) is 0 Å². The fourth-order valence-corrected chi connectivity index (χ4v) is 3.17. The molecule has 0 saturated carbocycles. The fraction of sp³-hybridized carbons (Fsp3) is 0.500. The van der Waals surface area contributed by atoms with Gasteiger partial charge in [-0.1, -0.05) is 0 Å². The molecule has 2 rings (SSSR count). The van der Waals surface area contributed by atoms with Gasteiger partial charge in [-0.3, -0.25) is 24.2 Å². The standard InChI is InChI=1S/C22H27NO10/c1-12(24)29-11-18-20(30-13(2)25)21(31-14(3)26)19(22(33-18)32-15(4)27)23-10-16-6-8-17(28-5)9-7-16/h6-10,18-22H,11H2,1-5H3/t18?,19-,20+,21?,22?/m0/s1. The van der Waals surface area contributed by atoms with Crippen LogP contribution in [-0.2, 0) is 42.9 Å². The molecular formula is C22H27NO10. The number of carbonyl (C=O) groups excluding carboxylic acids is 4. The van der Waals surface area contributed by atoms with Gasteiger partial charge in [0.1, 0.15) is 18.5 Å². The van der Waals surface area contributed by atoms with Gasteiger partial charge >= 0.3 is 23.9 Å². The number of aliphatic imine (C=N–C) groups is 1. The molecule has 1 aromatic carbocycles. The SMILES string of the molecule is COc1ccc(C=N[C@@H]2C(OC(C)=O)OC(COC(C)=O)[C@@H](OC(C)=O)C2OC(C)=O)cc1. The highest BCUT2D eigenvalue weighted by Gasteiger charge is 2.51. The van der Waals surface area contributed by atoms with Crippen LogP contribution >= 0.6 is 0 Å². The Hall–Kier alpha value is -3.47. The highest BCUT2D eigenvalue weighted by Crippen LogP contribution is 2.30. The molecule has 0 N–H and O–H groups in total. The summed E-state index contributed by atoms with van der Waals surface area (Å²) in [5.41, 5.74) is 0.671. The van der Waals surface area contributed by atoms with Crippen LogP contribution in [0.5, 0.6) is 5.75 Å². The molecule has 180 valence electrons. The molecule has 3 unspecified atom stereocenters. The first-order valence-electron chi connectivity index (χ1n) is 10.1. The number of hydrogen-bond donors (Lipinski definition) is 0. The number of hydrogen-bond acceptors (Lipinski definition) is 11. The Balaban J connectivity index is 2.45. The monoisotopic (exact) mass is 465 g/mol. The van der Waals surface area contributed by atoms with Crippen molar-refractivity contribution in [3.05, 3.63) is 29.8 Å². The zero-order chi connectivity index (χ0) is 24.5. The van der Waals surface area contributed by atoms with E-state index in [2.05, 4.69) is 4.99 Å². The number of rotatable bonds is 8. The van der Waals surface area contributed by atoms with Crippen LogP contribution in [-0.4, -0.2) is 74.5 Å². The number of nitrogens with zero attached hydrogens (tertiary/aromatic N) is 1. The molecule has 0 aromatic heterocycles. The molecule has 1 aliphatic rings. The minimum atomic E-state index is -1.31. The summed E-state index contributed by atoms with van der Waals surface area (Å²) in [5.74, 6) is -2.00. The molecule has 1 aliphatic heterocycles. The Morgan fingerprint density at radius 3 is 1.97 bits per heavy atom. The van der Waals surface area contributed by atoms with Crippen molar-refractivity contribution in [2.45, 2.75) is 58.3 Å². The van der Waals surface area contributed by atoms with E-state index in [0.29, 0.717) is 11.3 Å². The first kappa shape index (κ1) is 25.8.